The van der Waals surface area contributed by atoms with Gasteiger partial charge in [0.05, 0.1) is 10.6 Å². The van der Waals surface area contributed by atoms with Gasteiger partial charge in [-0.15, -0.1) is 0 Å². The molecule has 3 rings (SSSR count). The summed E-state index contributed by atoms with van der Waals surface area (Å²) in [6, 6.07) is 14.9. The molecule has 0 spiro atoms. The molecule has 1 saturated heterocycles. The number of hydrogen-bond donors (Lipinski definition) is 0. The van der Waals surface area contributed by atoms with Crippen molar-refractivity contribution >= 4 is 35.1 Å². The molecule has 6 heteroatoms. The lowest BCUT2D eigenvalue weighted by atomic mass is 9.90. The molecular formula is C21H21Cl2NO3. The SMILES string of the molecule is O=C(OCC(=O)N1CCC(Cc2ccccc2)CC1)c1cc(Cl)ccc1Cl. The third kappa shape index (κ3) is 5.47. The second kappa shape index (κ2) is 9.25. The molecule has 0 saturated carbocycles. The molecule has 142 valence electrons. The Labute approximate surface area is 169 Å². The Kier molecular flexibility index (Phi) is 6.75. The molecule has 2 aromatic carbocycles. The van der Waals surface area contributed by atoms with E-state index in [1.54, 1.807) is 11.0 Å². The number of piperidine rings is 1. The fraction of sp³-hybridized carbons (Fsp3) is 0.333. The maximum absolute atomic E-state index is 12.3. The number of carbonyl (C=O) groups is 2. The number of esters is 1. The first-order chi connectivity index (χ1) is 13.0. The fourth-order valence-corrected chi connectivity index (χ4v) is 3.65. The van der Waals surface area contributed by atoms with Gasteiger partial charge in [-0.05, 0) is 48.9 Å². The van der Waals surface area contributed by atoms with Crippen LogP contribution >= 0.6 is 23.2 Å². The summed E-state index contributed by atoms with van der Waals surface area (Å²) >= 11 is 11.9. The average Bonchev–Trinajstić information content (AvgIpc) is 2.69. The monoisotopic (exact) mass is 405 g/mol. The molecule has 1 heterocycles. The molecule has 1 aliphatic heterocycles. The maximum Gasteiger partial charge on any atom is 0.340 e. The minimum atomic E-state index is -0.644. The first-order valence-corrected chi connectivity index (χ1v) is 9.72. The van der Waals surface area contributed by atoms with Gasteiger partial charge in [0, 0.05) is 18.1 Å². The van der Waals surface area contributed by atoms with Gasteiger partial charge in [0.2, 0.25) is 0 Å². The molecule has 0 bridgehead atoms. The summed E-state index contributed by atoms with van der Waals surface area (Å²) in [4.78, 5) is 26.2. The van der Waals surface area contributed by atoms with E-state index in [4.69, 9.17) is 27.9 Å². The van der Waals surface area contributed by atoms with Crippen molar-refractivity contribution < 1.29 is 14.3 Å². The Morgan fingerprint density at radius 3 is 2.44 bits per heavy atom. The number of hydrogen-bond acceptors (Lipinski definition) is 3. The molecule has 1 amide bonds. The first kappa shape index (κ1) is 19.7. The van der Waals surface area contributed by atoms with Gasteiger partial charge in [0.15, 0.2) is 6.61 Å². The molecule has 0 aliphatic carbocycles. The van der Waals surface area contributed by atoms with E-state index in [9.17, 15) is 9.59 Å². The van der Waals surface area contributed by atoms with Crippen molar-refractivity contribution in [2.24, 2.45) is 5.92 Å². The summed E-state index contributed by atoms with van der Waals surface area (Å²) in [6.45, 7) is 1.09. The number of amides is 1. The molecule has 0 radical (unpaired) electrons. The summed E-state index contributed by atoms with van der Waals surface area (Å²) < 4.78 is 5.13. The number of halogens is 2. The smallest absolute Gasteiger partial charge is 0.340 e. The lowest BCUT2D eigenvalue weighted by Gasteiger charge is -2.32. The quantitative estimate of drug-likeness (QED) is 0.681. The lowest BCUT2D eigenvalue weighted by Crippen LogP contribution is -2.41. The maximum atomic E-state index is 12.3. The minimum Gasteiger partial charge on any atom is -0.452 e. The molecular weight excluding hydrogens is 385 g/mol. The van der Waals surface area contributed by atoms with Crippen LogP contribution < -0.4 is 0 Å². The molecule has 1 aliphatic rings. The molecule has 27 heavy (non-hydrogen) atoms. The van der Waals surface area contributed by atoms with Gasteiger partial charge in [0.25, 0.3) is 5.91 Å². The van der Waals surface area contributed by atoms with Crippen LogP contribution in [0.2, 0.25) is 10.0 Å². The summed E-state index contributed by atoms with van der Waals surface area (Å²) in [5.74, 6) is -0.251. The molecule has 0 N–H and O–H groups in total. The van der Waals surface area contributed by atoms with Crippen molar-refractivity contribution in [2.75, 3.05) is 19.7 Å². The van der Waals surface area contributed by atoms with Crippen LogP contribution in [0.3, 0.4) is 0 Å². The van der Waals surface area contributed by atoms with E-state index in [1.165, 1.54) is 17.7 Å². The van der Waals surface area contributed by atoms with E-state index in [-0.39, 0.29) is 23.1 Å². The highest BCUT2D eigenvalue weighted by Gasteiger charge is 2.24. The number of carbonyl (C=O) groups excluding carboxylic acids is 2. The lowest BCUT2D eigenvalue weighted by molar-refractivity contribution is -0.135. The zero-order valence-electron chi connectivity index (χ0n) is 14.9. The number of nitrogens with zero attached hydrogens (tertiary/aromatic N) is 1. The Hall–Kier alpha value is -2.04. The highest BCUT2D eigenvalue weighted by atomic mass is 35.5. The van der Waals surface area contributed by atoms with Crippen molar-refractivity contribution in [1.82, 2.24) is 4.90 Å². The Bertz CT molecular complexity index is 802. The zero-order valence-corrected chi connectivity index (χ0v) is 16.4. The largest absolute Gasteiger partial charge is 0.452 e. The van der Waals surface area contributed by atoms with Crippen LogP contribution in [0.5, 0.6) is 0 Å². The average molecular weight is 406 g/mol. The highest BCUT2D eigenvalue weighted by Crippen LogP contribution is 2.23. The molecule has 0 atom stereocenters. The molecule has 2 aromatic rings. The third-order valence-corrected chi connectivity index (χ3v) is 5.37. The van der Waals surface area contributed by atoms with Crippen LogP contribution in [0.15, 0.2) is 48.5 Å². The molecule has 0 aromatic heterocycles. The summed E-state index contributed by atoms with van der Waals surface area (Å²) in [5.41, 5.74) is 1.49. The molecule has 4 nitrogen and oxygen atoms in total. The summed E-state index contributed by atoms with van der Waals surface area (Å²) in [7, 11) is 0. The zero-order chi connectivity index (χ0) is 19.2. The van der Waals surface area contributed by atoms with E-state index in [0.717, 1.165) is 19.3 Å². The topological polar surface area (TPSA) is 46.6 Å². The van der Waals surface area contributed by atoms with Gasteiger partial charge in [-0.3, -0.25) is 4.79 Å². The molecule has 1 fully saturated rings. The van der Waals surface area contributed by atoms with Crippen molar-refractivity contribution in [3.63, 3.8) is 0 Å². The van der Waals surface area contributed by atoms with E-state index < -0.39 is 5.97 Å². The van der Waals surface area contributed by atoms with E-state index in [1.807, 2.05) is 6.07 Å². The number of benzene rings is 2. The summed E-state index contributed by atoms with van der Waals surface area (Å²) in [5, 5.41) is 0.636. The number of ether oxygens (including phenoxy) is 1. The number of likely N-dealkylation sites (tertiary alicyclic amines) is 1. The van der Waals surface area contributed by atoms with Gasteiger partial charge in [-0.2, -0.15) is 0 Å². The Morgan fingerprint density at radius 1 is 1.04 bits per heavy atom. The van der Waals surface area contributed by atoms with Crippen LogP contribution in [0.25, 0.3) is 0 Å². The van der Waals surface area contributed by atoms with Crippen molar-refractivity contribution in [1.29, 1.82) is 0 Å². The molecule has 0 unspecified atom stereocenters. The Morgan fingerprint density at radius 2 is 1.74 bits per heavy atom. The second-order valence-electron chi connectivity index (χ2n) is 6.71. The van der Waals surface area contributed by atoms with Gasteiger partial charge in [0.1, 0.15) is 0 Å². The van der Waals surface area contributed by atoms with Crippen LogP contribution in [0.1, 0.15) is 28.8 Å². The van der Waals surface area contributed by atoms with Gasteiger partial charge < -0.3 is 9.64 Å². The highest BCUT2D eigenvalue weighted by molar-refractivity contribution is 6.35. The third-order valence-electron chi connectivity index (χ3n) is 4.81. The van der Waals surface area contributed by atoms with Gasteiger partial charge in [-0.1, -0.05) is 53.5 Å². The van der Waals surface area contributed by atoms with Crippen LogP contribution in [-0.2, 0) is 16.0 Å². The normalized spacial score (nSPS) is 14.8. The minimum absolute atomic E-state index is 0.165. The van der Waals surface area contributed by atoms with E-state index in [2.05, 4.69) is 24.3 Å². The van der Waals surface area contributed by atoms with E-state index in [0.29, 0.717) is 24.0 Å². The van der Waals surface area contributed by atoms with Gasteiger partial charge >= 0.3 is 5.97 Å². The van der Waals surface area contributed by atoms with Gasteiger partial charge in [-0.25, -0.2) is 4.79 Å². The fourth-order valence-electron chi connectivity index (χ4n) is 3.28. The predicted molar refractivity (Wildman–Crippen MR) is 106 cm³/mol. The van der Waals surface area contributed by atoms with Crippen molar-refractivity contribution in [3.05, 3.63) is 69.7 Å². The first-order valence-electron chi connectivity index (χ1n) is 8.97. The van der Waals surface area contributed by atoms with Crippen LogP contribution in [-0.4, -0.2) is 36.5 Å². The summed E-state index contributed by atoms with van der Waals surface area (Å²) in [6.07, 6.45) is 2.94. The van der Waals surface area contributed by atoms with E-state index >= 15 is 0 Å². The number of rotatable bonds is 5. The predicted octanol–water partition coefficient (Wildman–Crippen LogP) is 4.63. The Balaban J connectivity index is 1.45. The van der Waals surface area contributed by atoms with Crippen molar-refractivity contribution in [3.8, 4) is 0 Å². The van der Waals surface area contributed by atoms with Crippen LogP contribution in [0.4, 0.5) is 0 Å². The second-order valence-corrected chi connectivity index (χ2v) is 7.56. The van der Waals surface area contributed by atoms with Crippen LogP contribution in [0, 0.1) is 5.92 Å². The van der Waals surface area contributed by atoms with Crippen molar-refractivity contribution in [2.45, 2.75) is 19.3 Å². The standard InChI is InChI=1S/C21H21Cl2NO3/c22-17-6-7-19(23)18(13-17)21(26)27-14-20(25)24-10-8-16(9-11-24)12-15-4-2-1-3-5-15/h1-7,13,16H,8-12,14H2.